The monoisotopic (exact) mass is 1480 g/mol. The molecule has 113 heavy (non-hydrogen) atoms. The Morgan fingerprint density at radius 2 is 0.549 bits per heavy atom. The lowest BCUT2D eigenvalue weighted by Gasteiger charge is -2.44. The van der Waals surface area contributed by atoms with Crippen LogP contribution >= 0.6 is 0 Å². The summed E-state index contributed by atoms with van der Waals surface area (Å²) in [4.78, 5) is 5.33. The largest absolute Gasteiger partial charge is 0.311 e. The van der Waals surface area contributed by atoms with Crippen molar-refractivity contribution in [3.8, 4) is 44.8 Å². The Morgan fingerprint density at radius 1 is 0.248 bits per heavy atom. The fraction of sp³-hybridized carbons (Fsp3) is 0.333. The smallest absolute Gasteiger partial charge is 0.252 e. The van der Waals surface area contributed by atoms with E-state index in [1.165, 1.54) is 168 Å². The van der Waals surface area contributed by atoms with Crippen LogP contribution in [0.1, 0.15) is 235 Å². The van der Waals surface area contributed by atoms with Crippen molar-refractivity contribution in [1.29, 1.82) is 0 Å². The van der Waals surface area contributed by atoms with Crippen LogP contribution in [0.2, 0.25) is 0 Å². The Bertz CT molecular complexity index is 6120. The van der Waals surface area contributed by atoms with Gasteiger partial charge in [0.15, 0.2) is 0 Å². The highest BCUT2D eigenvalue weighted by Gasteiger charge is 2.46. The van der Waals surface area contributed by atoms with E-state index >= 15 is 0 Å². The van der Waals surface area contributed by atoms with E-state index in [4.69, 9.17) is 0 Å². The Kier molecular flexibility index (Phi) is 16.6. The van der Waals surface area contributed by atoms with E-state index in [1.54, 1.807) is 0 Å². The third-order valence-corrected chi connectivity index (χ3v) is 27.2. The van der Waals surface area contributed by atoms with Crippen LogP contribution in [0.25, 0.3) is 88.4 Å². The molecule has 570 valence electrons. The van der Waals surface area contributed by atoms with Crippen LogP contribution in [0.4, 0.5) is 34.1 Å². The normalized spacial score (nSPS) is 16.4. The number of hydrogen-bond donors (Lipinski definition) is 0. The minimum absolute atomic E-state index is 0.0420. The summed E-state index contributed by atoms with van der Waals surface area (Å²) in [6.45, 7) is 54.5. The molecule has 0 saturated carbocycles. The molecule has 0 saturated heterocycles. The molecule has 0 radical (unpaired) electrons. The second-order valence-electron chi connectivity index (χ2n) is 42.1. The molecule has 0 fully saturated rings. The summed E-state index contributed by atoms with van der Waals surface area (Å²) in [7, 11) is 0. The summed E-state index contributed by atoms with van der Waals surface area (Å²) in [5.41, 5.74) is 37.7. The predicted molar refractivity (Wildman–Crippen MR) is 490 cm³/mol. The van der Waals surface area contributed by atoms with E-state index in [0.717, 1.165) is 46.2 Å². The third-order valence-electron chi connectivity index (χ3n) is 27.2. The van der Waals surface area contributed by atoms with Gasteiger partial charge in [0, 0.05) is 61.4 Å². The van der Waals surface area contributed by atoms with E-state index in [-0.39, 0.29) is 55.4 Å². The molecule has 4 nitrogen and oxygen atoms in total. The molecular weight excluding hydrogens is 1360 g/mol. The van der Waals surface area contributed by atoms with Crippen molar-refractivity contribution in [2.75, 3.05) is 9.80 Å². The highest BCUT2D eigenvalue weighted by Crippen LogP contribution is 2.53. The number of rotatable bonds is 7. The SMILES string of the molecule is CC(C)(C)c1cccc(-c2ccc3c(c2)N(c2ccc(-c4ccc5c(c4)C(C)(C)CCC5(C)C)cc2)c2cc(-n4c5ccc(C(C)(C)C)cc5c5cc(C(C)(C)C)ccc54)cc4c2B3c2ccc(-n3c5ccc(C(C)(C)C)cc5c5cc(C(C)(C)C)ccc53)cc2N4c2ccc(-c3ccc4c(c3)C(C)(C)CCC4(C)C)cc2)c1. The highest BCUT2D eigenvalue weighted by atomic mass is 15.2. The number of hydrogen-bond acceptors (Lipinski definition) is 2. The standard InChI is InChI=1S/C108H115BN4/c1-100(2,3)72-26-24-25-68(55-72)71-33-45-89-95(58-71)110(77-38-27-66(28-39-77)69-31-43-85-87(56-69)107(20,21)53-51-105(85,16)17)97-64-80(113-93-49-36-75(103(10,11)12)61-83(93)84-62-76(104(13,14)15)37-50-94(84)113)65-98-99(97)109(89)90-46-42-79(112-91-47-34-73(101(4,5)6)59-81(91)82-60-74(102(7,8)9)35-48-92(82)112)63-96(90)111(98)78-40-29-67(30-41-78)70-32-44-86-88(57-70)108(22,23)54-52-106(86,18)19/h24-50,55-65H,51-54H2,1-23H3. The van der Waals surface area contributed by atoms with Gasteiger partial charge in [-0.05, 0) is 277 Å². The first-order valence-electron chi connectivity index (χ1n) is 42.0. The topological polar surface area (TPSA) is 16.3 Å². The van der Waals surface area contributed by atoms with Crippen molar-refractivity contribution in [2.45, 2.75) is 234 Å². The van der Waals surface area contributed by atoms with Crippen LogP contribution in [0.15, 0.2) is 231 Å². The number of anilines is 6. The zero-order valence-electron chi connectivity index (χ0n) is 71.6. The van der Waals surface area contributed by atoms with Gasteiger partial charge in [0.25, 0.3) is 6.71 Å². The van der Waals surface area contributed by atoms with Gasteiger partial charge in [0.2, 0.25) is 0 Å². The first kappa shape index (κ1) is 74.3. The second kappa shape index (κ2) is 25.2. The lowest BCUT2D eigenvalue weighted by Crippen LogP contribution is -2.61. The number of nitrogens with zero attached hydrogens (tertiary/aromatic N) is 4. The average molecular weight is 1480 g/mol. The molecule has 4 aliphatic rings. The van der Waals surface area contributed by atoms with Crippen LogP contribution in [-0.4, -0.2) is 15.8 Å². The van der Waals surface area contributed by atoms with E-state index in [0.29, 0.717) is 0 Å². The van der Waals surface area contributed by atoms with Crippen molar-refractivity contribution in [3.63, 3.8) is 0 Å². The Morgan fingerprint density at radius 3 is 0.938 bits per heavy atom. The fourth-order valence-corrected chi connectivity index (χ4v) is 19.7. The van der Waals surface area contributed by atoms with Crippen LogP contribution in [0.5, 0.6) is 0 Å². The maximum Gasteiger partial charge on any atom is 0.252 e. The summed E-state index contributed by atoms with van der Waals surface area (Å²) in [6.07, 6.45) is 4.70. The lowest BCUT2D eigenvalue weighted by atomic mass is 9.33. The lowest BCUT2D eigenvalue weighted by molar-refractivity contribution is 0.332. The number of fused-ring (bicyclic) bond motifs is 12. The van der Waals surface area contributed by atoms with Gasteiger partial charge in [-0.15, -0.1) is 0 Å². The van der Waals surface area contributed by atoms with Crippen molar-refractivity contribution >= 4 is 101 Å². The van der Waals surface area contributed by atoms with Crippen LogP contribution < -0.4 is 26.2 Å². The summed E-state index contributed by atoms with van der Waals surface area (Å²) >= 11 is 0. The molecule has 0 spiro atoms. The van der Waals surface area contributed by atoms with Gasteiger partial charge in [0.05, 0.1) is 27.8 Å². The maximum absolute atomic E-state index is 2.67. The molecule has 2 aromatic heterocycles. The van der Waals surface area contributed by atoms with Crippen LogP contribution in [-0.2, 0) is 48.7 Å². The minimum Gasteiger partial charge on any atom is -0.311 e. The van der Waals surface area contributed by atoms with E-state index < -0.39 is 0 Å². The van der Waals surface area contributed by atoms with Gasteiger partial charge in [-0.3, -0.25) is 0 Å². The number of benzene rings is 12. The zero-order valence-corrected chi connectivity index (χ0v) is 71.6. The van der Waals surface area contributed by atoms with Crippen molar-refractivity contribution in [3.05, 3.63) is 281 Å². The molecule has 2 aliphatic carbocycles. The van der Waals surface area contributed by atoms with E-state index in [9.17, 15) is 0 Å². The molecule has 5 heteroatoms. The Labute approximate surface area is 674 Å². The van der Waals surface area contributed by atoms with E-state index in [2.05, 4.69) is 409 Å². The summed E-state index contributed by atoms with van der Waals surface area (Å²) < 4.78 is 5.18. The maximum atomic E-state index is 2.67. The van der Waals surface area contributed by atoms with Gasteiger partial charge in [-0.25, -0.2) is 0 Å². The van der Waals surface area contributed by atoms with Gasteiger partial charge >= 0.3 is 0 Å². The van der Waals surface area contributed by atoms with Crippen molar-refractivity contribution < 1.29 is 0 Å². The summed E-state index contributed by atoms with van der Waals surface area (Å²) in [6, 6.07) is 92.7. The number of aromatic nitrogens is 2. The van der Waals surface area contributed by atoms with Gasteiger partial charge < -0.3 is 18.9 Å². The molecule has 18 rings (SSSR count). The molecule has 0 unspecified atom stereocenters. The quantitative estimate of drug-likeness (QED) is 0.148. The van der Waals surface area contributed by atoms with Crippen LogP contribution in [0.3, 0.4) is 0 Å². The van der Waals surface area contributed by atoms with Crippen molar-refractivity contribution in [1.82, 2.24) is 9.13 Å². The molecule has 0 atom stereocenters. The molecular formula is C108H115BN4. The molecule has 14 aromatic rings. The molecule has 4 heterocycles. The van der Waals surface area contributed by atoms with Gasteiger partial charge in [0.1, 0.15) is 0 Å². The molecule has 0 amide bonds. The molecule has 2 aliphatic heterocycles. The highest BCUT2D eigenvalue weighted by molar-refractivity contribution is 7.00. The van der Waals surface area contributed by atoms with Gasteiger partial charge in [-0.1, -0.05) is 287 Å². The molecule has 12 aromatic carbocycles. The van der Waals surface area contributed by atoms with Crippen molar-refractivity contribution in [2.24, 2.45) is 0 Å². The predicted octanol–water partition coefficient (Wildman–Crippen LogP) is 28.1. The summed E-state index contributed by atoms with van der Waals surface area (Å²) in [5, 5.41) is 5.09. The van der Waals surface area contributed by atoms with Gasteiger partial charge in [-0.2, -0.15) is 0 Å². The fourth-order valence-electron chi connectivity index (χ4n) is 19.7. The average Bonchev–Trinajstić information content (AvgIpc) is 1.69. The molecule has 0 N–H and O–H groups in total. The minimum atomic E-state index is -0.177. The second-order valence-corrected chi connectivity index (χ2v) is 42.1. The first-order chi connectivity index (χ1) is 53.1. The third kappa shape index (κ3) is 12.3. The summed E-state index contributed by atoms with van der Waals surface area (Å²) in [5.74, 6) is 0. The zero-order chi connectivity index (χ0) is 79.7. The van der Waals surface area contributed by atoms with Crippen LogP contribution in [0, 0.1) is 0 Å². The molecule has 0 bridgehead atoms. The van der Waals surface area contributed by atoms with E-state index in [1.807, 2.05) is 0 Å². The Balaban J connectivity index is 0.945. The Hall–Kier alpha value is -10.1. The first-order valence-corrected chi connectivity index (χ1v) is 42.0.